The average molecular weight is 331 g/mol. The fourth-order valence-corrected chi connectivity index (χ4v) is 2.58. The molecule has 3 nitrogen and oxygen atoms in total. The molecule has 0 aromatic heterocycles. The Morgan fingerprint density at radius 3 is 2.04 bits per heavy atom. The molecule has 0 unspecified atom stereocenters. The van der Waals surface area contributed by atoms with Crippen molar-refractivity contribution in [1.29, 1.82) is 0 Å². The SMILES string of the molecule is COc1ccccc1C(Nc1ccc(C)cc1)=[NH+]c1ccc(C)cc1. The van der Waals surface area contributed by atoms with E-state index in [1.807, 2.05) is 24.3 Å². The smallest absolute Gasteiger partial charge is 0.288 e. The predicted molar refractivity (Wildman–Crippen MR) is 104 cm³/mol. The molecule has 3 aromatic rings. The third kappa shape index (κ3) is 4.27. The van der Waals surface area contributed by atoms with Crippen LogP contribution in [0.15, 0.2) is 72.8 Å². The normalized spacial score (nSPS) is 11.2. The van der Waals surface area contributed by atoms with Crippen molar-refractivity contribution in [3.63, 3.8) is 0 Å². The van der Waals surface area contributed by atoms with Crippen LogP contribution in [0.1, 0.15) is 16.7 Å². The molecule has 0 saturated heterocycles. The quantitative estimate of drug-likeness (QED) is 0.566. The van der Waals surface area contributed by atoms with Crippen LogP contribution in [-0.4, -0.2) is 12.9 Å². The molecule has 0 bridgehead atoms. The first-order chi connectivity index (χ1) is 12.2. The number of methoxy groups -OCH3 is 1. The Hall–Kier alpha value is -3.07. The zero-order chi connectivity index (χ0) is 17.6. The maximum absolute atomic E-state index is 5.54. The van der Waals surface area contributed by atoms with Crippen LogP contribution in [0, 0.1) is 13.8 Å². The van der Waals surface area contributed by atoms with Gasteiger partial charge in [0, 0.05) is 0 Å². The highest BCUT2D eigenvalue weighted by atomic mass is 16.5. The molecule has 0 aliphatic carbocycles. The van der Waals surface area contributed by atoms with Crippen molar-refractivity contribution in [1.82, 2.24) is 0 Å². The van der Waals surface area contributed by atoms with Crippen LogP contribution in [0.3, 0.4) is 0 Å². The average Bonchev–Trinajstić information content (AvgIpc) is 2.64. The van der Waals surface area contributed by atoms with Gasteiger partial charge >= 0.3 is 0 Å². The van der Waals surface area contributed by atoms with E-state index in [0.717, 1.165) is 28.5 Å². The Kier molecular flexibility index (Phi) is 5.14. The minimum absolute atomic E-state index is 0.816. The molecule has 0 heterocycles. The van der Waals surface area contributed by atoms with Crippen LogP contribution >= 0.6 is 0 Å². The molecule has 2 N–H and O–H groups in total. The summed E-state index contributed by atoms with van der Waals surface area (Å²) in [4.78, 5) is 3.49. The Bertz CT molecular complexity index is 865. The molecule has 0 fully saturated rings. The van der Waals surface area contributed by atoms with Crippen molar-refractivity contribution < 1.29 is 9.73 Å². The fraction of sp³-hybridized carbons (Fsp3) is 0.136. The second kappa shape index (κ2) is 7.67. The van der Waals surface area contributed by atoms with Crippen molar-refractivity contribution in [3.8, 4) is 5.75 Å². The first-order valence-corrected chi connectivity index (χ1v) is 8.33. The number of benzene rings is 3. The van der Waals surface area contributed by atoms with E-state index in [-0.39, 0.29) is 0 Å². The molecular weight excluding hydrogens is 308 g/mol. The minimum atomic E-state index is 0.816. The van der Waals surface area contributed by atoms with E-state index in [1.54, 1.807) is 7.11 Å². The van der Waals surface area contributed by atoms with Gasteiger partial charge in [-0.05, 0) is 50.2 Å². The molecule has 0 aliphatic rings. The zero-order valence-electron chi connectivity index (χ0n) is 14.8. The summed E-state index contributed by atoms with van der Waals surface area (Å²) in [6, 6.07) is 24.6. The number of anilines is 1. The van der Waals surface area contributed by atoms with Gasteiger partial charge in [-0.3, -0.25) is 0 Å². The summed E-state index contributed by atoms with van der Waals surface area (Å²) in [5.74, 6) is 1.70. The Labute approximate surface area is 149 Å². The van der Waals surface area contributed by atoms with E-state index >= 15 is 0 Å². The van der Waals surface area contributed by atoms with Crippen LogP contribution < -0.4 is 15.0 Å². The molecule has 0 atom stereocenters. The van der Waals surface area contributed by atoms with E-state index in [9.17, 15) is 0 Å². The molecule has 25 heavy (non-hydrogen) atoms. The maximum Gasteiger partial charge on any atom is 0.288 e. The molecule has 0 radical (unpaired) electrons. The highest BCUT2D eigenvalue weighted by Crippen LogP contribution is 2.18. The topological polar surface area (TPSA) is 35.2 Å². The Balaban J connectivity index is 2.04. The van der Waals surface area contributed by atoms with Crippen molar-refractivity contribution in [2.75, 3.05) is 12.4 Å². The lowest BCUT2D eigenvalue weighted by molar-refractivity contribution is -0.353. The second-order valence-corrected chi connectivity index (χ2v) is 6.06. The highest BCUT2D eigenvalue weighted by Gasteiger charge is 2.16. The number of hydrogen-bond donors (Lipinski definition) is 2. The number of hydrogen-bond acceptors (Lipinski definition) is 1. The standard InChI is InChI=1S/C22H22N2O/c1-16-8-12-18(13-9-16)23-22(20-6-4-5-7-21(20)25-3)24-19-14-10-17(2)11-15-19/h4-15H,1-3H3,(H,23,24)/p+1. The van der Waals surface area contributed by atoms with E-state index in [2.05, 4.69) is 72.7 Å². The first kappa shape index (κ1) is 16.8. The zero-order valence-corrected chi connectivity index (χ0v) is 14.8. The lowest BCUT2D eigenvalue weighted by Crippen LogP contribution is -2.68. The van der Waals surface area contributed by atoms with Crippen LogP contribution in [-0.2, 0) is 0 Å². The van der Waals surface area contributed by atoms with Gasteiger partial charge in [0.1, 0.15) is 22.7 Å². The summed E-state index contributed by atoms with van der Waals surface area (Å²) >= 11 is 0. The first-order valence-electron chi connectivity index (χ1n) is 8.33. The van der Waals surface area contributed by atoms with Crippen LogP contribution in [0.2, 0.25) is 0 Å². The van der Waals surface area contributed by atoms with E-state index in [0.29, 0.717) is 0 Å². The summed E-state index contributed by atoms with van der Waals surface area (Å²) < 4.78 is 5.54. The number of amidine groups is 1. The van der Waals surface area contributed by atoms with E-state index in [1.165, 1.54) is 11.1 Å². The van der Waals surface area contributed by atoms with Crippen molar-refractivity contribution >= 4 is 17.2 Å². The summed E-state index contributed by atoms with van der Waals surface area (Å²) in [5.41, 5.74) is 5.48. The number of rotatable bonds is 4. The van der Waals surface area contributed by atoms with Gasteiger partial charge in [0.25, 0.3) is 5.84 Å². The van der Waals surface area contributed by atoms with Gasteiger partial charge < -0.3 is 4.74 Å². The number of nitrogens with one attached hydrogen (secondary N) is 2. The maximum atomic E-state index is 5.54. The van der Waals surface area contributed by atoms with Gasteiger partial charge in [0.2, 0.25) is 0 Å². The van der Waals surface area contributed by atoms with E-state index in [4.69, 9.17) is 4.74 Å². The van der Waals surface area contributed by atoms with Gasteiger partial charge in [-0.1, -0.05) is 47.5 Å². The van der Waals surface area contributed by atoms with Gasteiger partial charge in [-0.2, -0.15) is 0 Å². The lowest BCUT2D eigenvalue weighted by atomic mass is 10.1. The largest absolute Gasteiger partial charge is 0.496 e. The number of para-hydroxylation sites is 1. The van der Waals surface area contributed by atoms with Gasteiger partial charge in [0.15, 0.2) is 0 Å². The summed E-state index contributed by atoms with van der Waals surface area (Å²) in [6.07, 6.45) is 0. The Morgan fingerprint density at radius 1 is 0.800 bits per heavy atom. The fourth-order valence-electron chi connectivity index (χ4n) is 2.58. The molecule has 126 valence electrons. The molecule has 0 aliphatic heterocycles. The van der Waals surface area contributed by atoms with Gasteiger partial charge in [-0.15, -0.1) is 0 Å². The molecule has 0 saturated carbocycles. The molecule has 3 aromatic carbocycles. The molecule has 0 amide bonds. The summed E-state index contributed by atoms with van der Waals surface area (Å²) in [5, 5.41) is 3.49. The van der Waals surface area contributed by atoms with Crippen molar-refractivity contribution in [2.45, 2.75) is 13.8 Å². The Morgan fingerprint density at radius 2 is 1.40 bits per heavy atom. The van der Waals surface area contributed by atoms with Crippen LogP contribution in [0.5, 0.6) is 5.75 Å². The predicted octanol–water partition coefficient (Wildman–Crippen LogP) is 3.58. The van der Waals surface area contributed by atoms with Crippen molar-refractivity contribution in [3.05, 3.63) is 89.5 Å². The summed E-state index contributed by atoms with van der Waals surface area (Å²) in [6.45, 7) is 4.17. The molecule has 0 spiro atoms. The number of aryl methyl sites for hydroxylation is 2. The molecule has 3 rings (SSSR count). The molecule has 3 heteroatoms. The number of ether oxygens (including phenoxy) is 1. The summed E-state index contributed by atoms with van der Waals surface area (Å²) in [7, 11) is 1.69. The van der Waals surface area contributed by atoms with Crippen LogP contribution in [0.25, 0.3) is 0 Å². The monoisotopic (exact) mass is 331 g/mol. The third-order valence-corrected chi connectivity index (χ3v) is 4.02. The highest BCUT2D eigenvalue weighted by molar-refractivity contribution is 6.06. The lowest BCUT2D eigenvalue weighted by Gasteiger charge is -2.09. The third-order valence-electron chi connectivity index (χ3n) is 4.02. The van der Waals surface area contributed by atoms with E-state index < -0.39 is 0 Å². The van der Waals surface area contributed by atoms with Crippen LogP contribution in [0.4, 0.5) is 11.4 Å². The minimum Gasteiger partial charge on any atom is -0.496 e. The van der Waals surface area contributed by atoms with Gasteiger partial charge in [0.05, 0.1) is 7.11 Å². The van der Waals surface area contributed by atoms with Gasteiger partial charge in [-0.25, -0.2) is 10.3 Å². The second-order valence-electron chi connectivity index (χ2n) is 6.06. The molecular formula is C22H23N2O+. The van der Waals surface area contributed by atoms with Crippen molar-refractivity contribution in [2.24, 2.45) is 0 Å².